The predicted octanol–water partition coefficient (Wildman–Crippen LogP) is 5.31. The van der Waals surface area contributed by atoms with Crippen molar-refractivity contribution < 1.29 is 19.0 Å². The molecule has 1 aromatic rings. The van der Waals surface area contributed by atoms with Gasteiger partial charge in [0.25, 0.3) is 0 Å². The van der Waals surface area contributed by atoms with Gasteiger partial charge < -0.3 is 14.2 Å². The molecule has 0 radical (unpaired) electrons. The number of esters is 1. The van der Waals surface area contributed by atoms with Crippen LogP contribution in [0.5, 0.6) is 12.0 Å². The molecule has 31 heavy (non-hydrogen) atoms. The third kappa shape index (κ3) is 14.2. The van der Waals surface area contributed by atoms with E-state index in [4.69, 9.17) is 19.5 Å². The summed E-state index contributed by atoms with van der Waals surface area (Å²) in [6, 6.07) is 2.10. The lowest BCUT2D eigenvalue weighted by Crippen LogP contribution is -2.11. The van der Waals surface area contributed by atoms with Crippen LogP contribution >= 0.6 is 0 Å². The molecule has 0 aliphatic rings. The van der Waals surface area contributed by atoms with Crippen molar-refractivity contribution in [1.29, 1.82) is 5.26 Å². The van der Waals surface area contributed by atoms with Crippen molar-refractivity contribution in [3.05, 3.63) is 5.82 Å². The maximum absolute atomic E-state index is 11.4. The topological polar surface area (TPSA) is 107 Å². The zero-order chi connectivity index (χ0) is 22.6. The molecule has 0 fully saturated rings. The van der Waals surface area contributed by atoms with Crippen molar-refractivity contribution in [2.75, 3.05) is 13.2 Å². The van der Waals surface area contributed by atoms with E-state index in [-0.39, 0.29) is 30.9 Å². The summed E-state index contributed by atoms with van der Waals surface area (Å²) in [4.78, 5) is 24.1. The summed E-state index contributed by atoms with van der Waals surface area (Å²) < 4.78 is 16.4. The first kappa shape index (κ1) is 26.6. The largest absolute Gasteiger partial charge is 0.463 e. The Labute approximate surface area is 186 Å². The smallest absolute Gasteiger partial charge is 0.322 e. The SMILES string of the molecule is CCCCCCCCOc1nc(COC(=O)CC#N)nc(OCCCCCCCC)n1. The second kappa shape index (κ2) is 18.3. The molecule has 0 N–H and O–H groups in total. The standard InChI is InChI=1S/C23H38N4O4/c1-3-5-7-9-11-13-17-29-22-25-20(19-31-21(28)15-16-24)26-23(27-22)30-18-14-12-10-8-6-4-2/h3-15,17-19H2,1-2H3. The molecule has 174 valence electrons. The minimum absolute atomic E-state index is 0.149. The van der Waals surface area contributed by atoms with Gasteiger partial charge in [-0.1, -0.05) is 78.1 Å². The number of carbonyl (C=O) groups excluding carboxylic acids is 1. The summed E-state index contributed by atoms with van der Waals surface area (Å²) in [6.45, 7) is 5.28. The van der Waals surface area contributed by atoms with Gasteiger partial charge in [-0.3, -0.25) is 4.79 Å². The van der Waals surface area contributed by atoms with Gasteiger partial charge in [-0.15, -0.1) is 4.98 Å². The molecule has 0 bridgehead atoms. The van der Waals surface area contributed by atoms with E-state index in [0.29, 0.717) is 13.2 Å². The highest BCUT2D eigenvalue weighted by atomic mass is 16.5. The molecule has 1 rings (SSSR count). The Morgan fingerprint density at radius 3 is 1.74 bits per heavy atom. The quantitative estimate of drug-likeness (QED) is 0.213. The Balaban J connectivity index is 2.52. The van der Waals surface area contributed by atoms with Crippen LogP contribution in [0, 0.1) is 11.3 Å². The minimum Gasteiger partial charge on any atom is -0.463 e. The monoisotopic (exact) mass is 434 g/mol. The summed E-state index contributed by atoms with van der Waals surface area (Å²) in [6.07, 6.45) is 13.6. The third-order valence-electron chi connectivity index (χ3n) is 4.68. The van der Waals surface area contributed by atoms with E-state index in [1.807, 2.05) is 0 Å². The van der Waals surface area contributed by atoms with Gasteiger partial charge in [0, 0.05) is 0 Å². The molecule has 0 aromatic carbocycles. The van der Waals surface area contributed by atoms with Crippen LogP contribution in [-0.2, 0) is 16.1 Å². The highest BCUT2D eigenvalue weighted by molar-refractivity contribution is 5.71. The lowest BCUT2D eigenvalue weighted by molar-refractivity contribution is -0.144. The van der Waals surface area contributed by atoms with Gasteiger partial charge >= 0.3 is 18.0 Å². The molecule has 8 nitrogen and oxygen atoms in total. The fourth-order valence-electron chi connectivity index (χ4n) is 2.92. The molecular weight excluding hydrogens is 396 g/mol. The maximum atomic E-state index is 11.4. The summed E-state index contributed by atoms with van der Waals surface area (Å²) in [7, 11) is 0. The second-order valence-corrected chi connectivity index (χ2v) is 7.54. The van der Waals surface area contributed by atoms with Crippen molar-refractivity contribution in [2.45, 2.75) is 104 Å². The number of aromatic nitrogens is 3. The fourth-order valence-corrected chi connectivity index (χ4v) is 2.92. The van der Waals surface area contributed by atoms with Crippen molar-refractivity contribution in [1.82, 2.24) is 15.0 Å². The van der Waals surface area contributed by atoms with E-state index < -0.39 is 5.97 Å². The molecule has 1 aromatic heterocycles. The molecule has 0 aliphatic carbocycles. The van der Waals surface area contributed by atoms with Crippen molar-refractivity contribution in [2.24, 2.45) is 0 Å². The third-order valence-corrected chi connectivity index (χ3v) is 4.68. The first-order valence-corrected chi connectivity index (χ1v) is 11.7. The van der Waals surface area contributed by atoms with Crippen LogP contribution in [-0.4, -0.2) is 34.1 Å². The van der Waals surface area contributed by atoms with E-state index in [0.717, 1.165) is 25.7 Å². The summed E-state index contributed by atoms with van der Waals surface area (Å²) >= 11 is 0. The molecule has 0 saturated heterocycles. The molecule has 0 spiro atoms. The average molecular weight is 435 g/mol. The molecule has 0 unspecified atom stereocenters. The number of nitriles is 1. The number of hydrogen-bond acceptors (Lipinski definition) is 8. The molecule has 1 heterocycles. The zero-order valence-corrected chi connectivity index (χ0v) is 19.2. The van der Waals surface area contributed by atoms with E-state index >= 15 is 0 Å². The Bertz CT molecular complexity index is 613. The van der Waals surface area contributed by atoms with Crippen LogP contribution in [0.2, 0.25) is 0 Å². The summed E-state index contributed by atoms with van der Waals surface area (Å²) in [5.74, 6) is -0.371. The van der Waals surface area contributed by atoms with Gasteiger partial charge in [-0.2, -0.15) is 15.2 Å². The van der Waals surface area contributed by atoms with Gasteiger partial charge in [0.2, 0.25) is 0 Å². The number of rotatable bonds is 19. The number of carbonyl (C=O) groups is 1. The fraction of sp³-hybridized carbons (Fsp3) is 0.783. The molecule has 0 atom stereocenters. The number of hydrogen-bond donors (Lipinski definition) is 0. The van der Waals surface area contributed by atoms with Gasteiger partial charge in [0.15, 0.2) is 12.4 Å². The lowest BCUT2D eigenvalue weighted by atomic mass is 10.1. The first-order valence-electron chi connectivity index (χ1n) is 11.7. The van der Waals surface area contributed by atoms with Crippen LogP contribution in [0.25, 0.3) is 0 Å². The summed E-state index contributed by atoms with van der Waals surface area (Å²) in [5, 5.41) is 8.57. The van der Waals surface area contributed by atoms with E-state index in [1.165, 1.54) is 51.4 Å². The normalized spacial score (nSPS) is 10.5. The number of nitrogens with zero attached hydrogens (tertiary/aromatic N) is 4. The highest BCUT2D eigenvalue weighted by Gasteiger charge is 2.11. The van der Waals surface area contributed by atoms with Gasteiger partial charge in [-0.25, -0.2) is 0 Å². The Kier molecular flexibility index (Phi) is 15.7. The molecule has 0 aliphatic heterocycles. The second-order valence-electron chi connectivity index (χ2n) is 7.54. The van der Waals surface area contributed by atoms with E-state index in [9.17, 15) is 4.79 Å². The van der Waals surface area contributed by atoms with Crippen molar-refractivity contribution >= 4 is 5.97 Å². The van der Waals surface area contributed by atoms with Crippen LogP contribution < -0.4 is 9.47 Å². The molecular formula is C23H38N4O4. The Hall–Kier alpha value is -2.43. The van der Waals surface area contributed by atoms with Crippen LogP contribution in [0.4, 0.5) is 0 Å². The van der Waals surface area contributed by atoms with Gasteiger partial charge in [0.1, 0.15) is 6.42 Å². The zero-order valence-electron chi connectivity index (χ0n) is 19.2. The van der Waals surface area contributed by atoms with Gasteiger partial charge in [-0.05, 0) is 12.8 Å². The van der Waals surface area contributed by atoms with Crippen molar-refractivity contribution in [3.8, 4) is 18.1 Å². The number of unbranched alkanes of at least 4 members (excludes halogenated alkanes) is 10. The van der Waals surface area contributed by atoms with Crippen molar-refractivity contribution in [3.63, 3.8) is 0 Å². The predicted molar refractivity (Wildman–Crippen MR) is 118 cm³/mol. The van der Waals surface area contributed by atoms with Gasteiger partial charge in [0.05, 0.1) is 19.3 Å². The maximum Gasteiger partial charge on any atom is 0.322 e. The Morgan fingerprint density at radius 1 is 0.774 bits per heavy atom. The lowest BCUT2D eigenvalue weighted by Gasteiger charge is -2.10. The highest BCUT2D eigenvalue weighted by Crippen LogP contribution is 2.13. The van der Waals surface area contributed by atoms with Crippen LogP contribution in [0.15, 0.2) is 0 Å². The molecule has 0 amide bonds. The first-order chi connectivity index (χ1) is 15.2. The number of ether oxygens (including phenoxy) is 3. The minimum atomic E-state index is -0.619. The van der Waals surface area contributed by atoms with Crippen LogP contribution in [0.3, 0.4) is 0 Å². The van der Waals surface area contributed by atoms with Crippen LogP contribution in [0.1, 0.15) is 103 Å². The summed E-state index contributed by atoms with van der Waals surface area (Å²) in [5.41, 5.74) is 0. The molecule has 0 saturated carbocycles. The van der Waals surface area contributed by atoms with E-state index in [2.05, 4.69) is 28.8 Å². The Morgan fingerprint density at radius 2 is 1.26 bits per heavy atom. The van der Waals surface area contributed by atoms with E-state index in [1.54, 1.807) is 6.07 Å². The molecule has 8 heteroatoms. The average Bonchev–Trinajstić information content (AvgIpc) is 2.77.